The van der Waals surface area contributed by atoms with Gasteiger partial charge in [-0.15, -0.1) is 0 Å². The Kier molecular flexibility index (Phi) is 9.77. The van der Waals surface area contributed by atoms with Gasteiger partial charge in [-0.1, -0.05) is 6.92 Å². The zero-order valence-electron chi connectivity index (χ0n) is 22.5. The van der Waals surface area contributed by atoms with Gasteiger partial charge in [-0.3, -0.25) is 14.0 Å². The summed E-state index contributed by atoms with van der Waals surface area (Å²) in [6, 6.07) is 8.07. The van der Waals surface area contributed by atoms with Gasteiger partial charge in [0.1, 0.15) is 0 Å². The Morgan fingerprint density at radius 1 is 1.07 bits per heavy atom. The van der Waals surface area contributed by atoms with E-state index in [9.17, 15) is 18.4 Å². The molecule has 0 spiro atoms. The number of rotatable bonds is 14. The molecule has 0 saturated heterocycles. The minimum absolute atomic E-state index is 0.0248. The SMILES string of the molecule is CCc1cc(Nc2nccn3c(-c4ccc(OC)c(F)c4F)cnc23)ccc1C(=O)NCCOCCNCC(=O)O. The largest absolute Gasteiger partial charge is 0.494 e. The van der Waals surface area contributed by atoms with E-state index in [1.807, 2.05) is 13.0 Å². The lowest BCUT2D eigenvalue weighted by atomic mass is 10.0. The number of halogens is 2. The van der Waals surface area contributed by atoms with Crippen molar-refractivity contribution >= 4 is 29.0 Å². The van der Waals surface area contributed by atoms with E-state index in [0.717, 1.165) is 5.56 Å². The minimum atomic E-state index is -1.08. The molecule has 0 aliphatic heterocycles. The molecule has 2 aromatic heterocycles. The summed E-state index contributed by atoms with van der Waals surface area (Å²) < 4.78 is 41.0. The second-order valence-electron chi connectivity index (χ2n) is 8.85. The molecule has 0 unspecified atom stereocenters. The number of fused-ring (bicyclic) bond motifs is 1. The zero-order valence-corrected chi connectivity index (χ0v) is 22.5. The van der Waals surface area contributed by atoms with Gasteiger partial charge in [-0.05, 0) is 42.3 Å². The first kappa shape index (κ1) is 29.4. The molecule has 2 aromatic carbocycles. The molecular weight excluding hydrogens is 538 g/mol. The van der Waals surface area contributed by atoms with Crippen molar-refractivity contribution in [3.05, 3.63) is 71.7 Å². The van der Waals surface area contributed by atoms with Crippen LogP contribution in [-0.2, 0) is 16.0 Å². The Labute approximate surface area is 234 Å². The van der Waals surface area contributed by atoms with Crippen molar-refractivity contribution in [3.8, 4) is 17.0 Å². The lowest BCUT2D eigenvalue weighted by Gasteiger charge is -2.13. The number of nitrogens with one attached hydrogen (secondary N) is 3. The molecule has 41 heavy (non-hydrogen) atoms. The Hall–Kier alpha value is -4.62. The molecule has 0 bridgehead atoms. The average molecular weight is 569 g/mol. The van der Waals surface area contributed by atoms with Crippen molar-refractivity contribution in [2.45, 2.75) is 13.3 Å². The third-order valence-corrected chi connectivity index (χ3v) is 6.20. The van der Waals surface area contributed by atoms with E-state index in [0.29, 0.717) is 54.5 Å². The second-order valence-corrected chi connectivity index (χ2v) is 8.85. The van der Waals surface area contributed by atoms with Crippen LogP contribution in [0.25, 0.3) is 16.9 Å². The van der Waals surface area contributed by atoms with Gasteiger partial charge in [-0.25, -0.2) is 14.4 Å². The third kappa shape index (κ3) is 6.94. The monoisotopic (exact) mass is 568 g/mol. The van der Waals surface area contributed by atoms with Gasteiger partial charge in [0, 0.05) is 42.3 Å². The summed E-state index contributed by atoms with van der Waals surface area (Å²) in [6.45, 7) is 3.11. The summed E-state index contributed by atoms with van der Waals surface area (Å²) in [5, 5.41) is 17.3. The minimum Gasteiger partial charge on any atom is -0.494 e. The number of benzene rings is 2. The number of methoxy groups -OCH3 is 1. The maximum Gasteiger partial charge on any atom is 0.317 e. The molecule has 0 radical (unpaired) electrons. The summed E-state index contributed by atoms with van der Waals surface area (Å²) in [5.74, 6) is -3.10. The van der Waals surface area contributed by atoms with E-state index < -0.39 is 17.6 Å². The number of carboxylic acids is 1. The summed E-state index contributed by atoms with van der Waals surface area (Å²) in [4.78, 5) is 32.0. The number of aliphatic carboxylic acids is 1. The zero-order chi connectivity index (χ0) is 29.4. The van der Waals surface area contributed by atoms with Crippen molar-refractivity contribution in [3.63, 3.8) is 0 Å². The van der Waals surface area contributed by atoms with E-state index in [1.54, 1.807) is 22.7 Å². The first-order valence-electron chi connectivity index (χ1n) is 12.9. The number of aromatic nitrogens is 3. The molecule has 13 heteroatoms. The van der Waals surface area contributed by atoms with Crippen LogP contribution in [0.5, 0.6) is 5.75 Å². The average Bonchev–Trinajstić information content (AvgIpc) is 3.40. The second kappa shape index (κ2) is 13.6. The number of hydrogen-bond donors (Lipinski definition) is 4. The number of ether oxygens (including phenoxy) is 2. The predicted octanol–water partition coefficient (Wildman–Crippen LogP) is 3.41. The molecule has 0 atom stereocenters. The quantitative estimate of drug-likeness (QED) is 0.169. The Bertz CT molecular complexity index is 1540. The van der Waals surface area contributed by atoms with Gasteiger partial charge in [0.2, 0.25) is 5.82 Å². The van der Waals surface area contributed by atoms with Crippen molar-refractivity contribution in [2.75, 3.05) is 45.3 Å². The number of amides is 1. The number of carbonyl (C=O) groups is 2. The van der Waals surface area contributed by atoms with Crippen LogP contribution in [0.2, 0.25) is 0 Å². The lowest BCUT2D eigenvalue weighted by molar-refractivity contribution is -0.136. The first-order valence-corrected chi connectivity index (χ1v) is 12.9. The van der Waals surface area contributed by atoms with Crippen LogP contribution < -0.4 is 20.7 Å². The molecule has 11 nitrogen and oxygen atoms in total. The highest BCUT2D eigenvalue weighted by Gasteiger charge is 2.19. The molecule has 4 aromatic rings. The maximum absolute atomic E-state index is 14.8. The van der Waals surface area contributed by atoms with Crippen LogP contribution in [0.3, 0.4) is 0 Å². The number of carboxylic acid groups (broad SMARTS) is 1. The van der Waals surface area contributed by atoms with E-state index in [-0.39, 0.29) is 30.4 Å². The summed E-state index contributed by atoms with van der Waals surface area (Å²) in [7, 11) is 1.27. The lowest BCUT2D eigenvalue weighted by Crippen LogP contribution is -2.30. The van der Waals surface area contributed by atoms with Crippen LogP contribution in [0.4, 0.5) is 20.3 Å². The normalized spacial score (nSPS) is 11.0. The van der Waals surface area contributed by atoms with E-state index in [2.05, 4.69) is 25.9 Å². The Morgan fingerprint density at radius 2 is 1.88 bits per heavy atom. The fraction of sp³-hybridized carbons (Fsp3) is 0.286. The summed E-state index contributed by atoms with van der Waals surface area (Å²) in [6.07, 6.45) is 5.15. The van der Waals surface area contributed by atoms with Gasteiger partial charge in [0.05, 0.1) is 38.8 Å². The van der Waals surface area contributed by atoms with E-state index in [1.165, 1.54) is 31.6 Å². The topological polar surface area (TPSA) is 139 Å². The van der Waals surface area contributed by atoms with Gasteiger partial charge >= 0.3 is 5.97 Å². The van der Waals surface area contributed by atoms with Gasteiger partial charge in [-0.2, -0.15) is 4.39 Å². The molecule has 0 aliphatic rings. The molecule has 216 valence electrons. The molecular formula is C28H30F2N6O5. The van der Waals surface area contributed by atoms with Crippen LogP contribution >= 0.6 is 0 Å². The van der Waals surface area contributed by atoms with Crippen LogP contribution in [0, 0.1) is 11.6 Å². The summed E-state index contributed by atoms with van der Waals surface area (Å²) >= 11 is 0. The number of nitrogens with zero attached hydrogens (tertiary/aromatic N) is 3. The maximum atomic E-state index is 14.8. The third-order valence-electron chi connectivity index (χ3n) is 6.20. The van der Waals surface area contributed by atoms with E-state index in [4.69, 9.17) is 14.6 Å². The molecule has 1 amide bonds. The molecule has 0 saturated carbocycles. The smallest absolute Gasteiger partial charge is 0.317 e. The Balaban J connectivity index is 1.43. The van der Waals surface area contributed by atoms with Gasteiger partial charge < -0.3 is 30.5 Å². The van der Waals surface area contributed by atoms with Crippen LogP contribution in [0.15, 0.2) is 48.9 Å². The van der Waals surface area contributed by atoms with E-state index >= 15 is 0 Å². The highest BCUT2D eigenvalue weighted by Crippen LogP contribution is 2.31. The van der Waals surface area contributed by atoms with Gasteiger partial charge in [0.15, 0.2) is 23.0 Å². The number of hydrogen-bond acceptors (Lipinski definition) is 8. The molecule has 4 rings (SSSR count). The van der Waals surface area contributed by atoms with Crippen LogP contribution in [0.1, 0.15) is 22.8 Å². The number of carbonyl (C=O) groups excluding carboxylic acids is 1. The first-order chi connectivity index (χ1) is 19.8. The molecule has 0 fully saturated rings. The standard InChI is InChI=1S/C28H30F2N6O5/c1-3-17-14-18(4-5-19(17)28(39)33-10-13-41-12-9-31-16-23(37)38)35-26-27-34-15-21(36(27)11-8-32-26)20-6-7-22(40-2)25(30)24(20)29/h4-8,11,14-15,31H,3,9-10,12-13,16H2,1-2H3,(H,32,35)(H,33,39)(H,37,38). The number of imidazole rings is 1. The number of anilines is 2. The molecule has 0 aliphatic carbocycles. The van der Waals surface area contributed by atoms with Crippen molar-refractivity contribution in [2.24, 2.45) is 0 Å². The highest BCUT2D eigenvalue weighted by molar-refractivity contribution is 5.96. The fourth-order valence-electron chi connectivity index (χ4n) is 4.19. The van der Waals surface area contributed by atoms with Gasteiger partial charge in [0.25, 0.3) is 5.91 Å². The van der Waals surface area contributed by atoms with Crippen molar-refractivity contribution < 1.29 is 33.0 Å². The molecule has 4 N–H and O–H groups in total. The van der Waals surface area contributed by atoms with Crippen LogP contribution in [-0.4, -0.2) is 71.3 Å². The molecule has 2 heterocycles. The fourth-order valence-corrected chi connectivity index (χ4v) is 4.19. The summed E-state index contributed by atoms with van der Waals surface area (Å²) in [5.41, 5.74) is 2.76. The van der Waals surface area contributed by atoms with Crippen molar-refractivity contribution in [1.29, 1.82) is 0 Å². The highest BCUT2D eigenvalue weighted by atomic mass is 19.2. The predicted molar refractivity (Wildman–Crippen MR) is 148 cm³/mol. The number of aryl methyl sites for hydroxylation is 1. The Morgan fingerprint density at radius 3 is 2.63 bits per heavy atom. The van der Waals surface area contributed by atoms with Crippen molar-refractivity contribution in [1.82, 2.24) is 25.0 Å².